The highest BCUT2D eigenvalue weighted by Crippen LogP contribution is 2.56. The van der Waals surface area contributed by atoms with E-state index in [1.807, 2.05) is 12.2 Å². The average Bonchev–Trinajstić information content (AvgIpc) is 2.90. The van der Waals surface area contributed by atoms with E-state index in [0.29, 0.717) is 11.1 Å². The van der Waals surface area contributed by atoms with Gasteiger partial charge in [0.2, 0.25) is 0 Å². The van der Waals surface area contributed by atoms with E-state index in [2.05, 4.69) is 0 Å². The number of rotatable bonds is 3. The number of fused-ring (bicyclic) bond motifs is 5. The number of aromatic hydroxyl groups is 2. The smallest absolute Gasteiger partial charge is 0.327 e. The summed E-state index contributed by atoms with van der Waals surface area (Å²) in [4.78, 5) is 17.7. The predicted molar refractivity (Wildman–Crippen MR) is 63.9 cm³/mol. The SMILES string of the molecule is O=P(O)(O)CCn1c(O)c2c(c1O)[C@H]1C=C[C@@H]2C1. The van der Waals surface area contributed by atoms with Crippen molar-refractivity contribution in [3.8, 4) is 11.8 Å². The molecule has 1 heterocycles. The van der Waals surface area contributed by atoms with Crippen LogP contribution in [0.15, 0.2) is 12.2 Å². The zero-order valence-corrected chi connectivity index (χ0v) is 10.4. The Balaban J connectivity index is 1.97. The van der Waals surface area contributed by atoms with E-state index < -0.39 is 13.8 Å². The molecule has 2 atom stereocenters. The Morgan fingerprint density at radius 1 is 1.17 bits per heavy atom. The summed E-state index contributed by atoms with van der Waals surface area (Å²) in [6.07, 6.45) is 4.47. The van der Waals surface area contributed by atoms with Crippen molar-refractivity contribution in [1.29, 1.82) is 0 Å². The zero-order valence-electron chi connectivity index (χ0n) is 9.52. The van der Waals surface area contributed by atoms with Crippen LogP contribution in [-0.2, 0) is 11.1 Å². The molecule has 1 aromatic heterocycles. The molecule has 4 N–H and O–H groups in total. The van der Waals surface area contributed by atoms with Gasteiger partial charge < -0.3 is 20.0 Å². The minimum atomic E-state index is -4.14. The van der Waals surface area contributed by atoms with Crippen molar-refractivity contribution in [2.24, 2.45) is 0 Å². The zero-order chi connectivity index (χ0) is 13.1. The summed E-state index contributed by atoms with van der Waals surface area (Å²) < 4.78 is 12.0. The van der Waals surface area contributed by atoms with Gasteiger partial charge in [-0.1, -0.05) is 12.2 Å². The maximum Gasteiger partial charge on any atom is 0.327 e. The number of allylic oxidation sites excluding steroid dienone is 2. The Morgan fingerprint density at radius 3 is 2.11 bits per heavy atom. The summed E-state index contributed by atoms with van der Waals surface area (Å²) in [5, 5.41) is 20.1. The topological polar surface area (TPSA) is 103 Å². The van der Waals surface area contributed by atoms with E-state index >= 15 is 0 Å². The lowest BCUT2D eigenvalue weighted by atomic mass is 10.0. The first-order valence-electron chi connectivity index (χ1n) is 5.75. The molecule has 18 heavy (non-hydrogen) atoms. The highest BCUT2D eigenvalue weighted by Gasteiger charge is 2.41. The van der Waals surface area contributed by atoms with Crippen molar-refractivity contribution in [2.75, 3.05) is 6.16 Å². The molecule has 0 saturated carbocycles. The van der Waals surface area contributed by atoms with Crippen molar-refractivity contribution in [3.63, 3.8) is 0 Å². The Kier molecular flexibility index (Phi) is 2.39. The van der Waals surface area contributed by atoms with Gasteiger partial charge in [0.15, 0.2) is 11.8 Å². The standard InChI is InChI=1S/C11H14NO5P/c13-10-8-6-1-2-7(5-6)9(8)11(14)12(10)3-4-18(15,16)17/h1-2,6-7,13-14H,3-5H2,(H2,15,16,17)/t6-,7+. The molecule has 6 nitrogen and oxygen atoms in total. The fourth-order valence-corrected chi connectivity index (χ4v) is 3.39. The Labute approximate surface area is 103 Å². The second kappa shape index (κ2) is 3.63. The van der Waals surface area contributed by atoms with Crippen molar-refractivity contribution in [3.05, 3.63) is 23.3 Å². The average molecular weight is 271 g/mol. The van der Waals surface area contributed by atoms with E-state index in [0.717, 1.165) is 6.42 Å². The lowest BCUT2D eigenvalue weighted by Crippen LogP contribution is -2.03. The molecule has 0 aliphatic heterocycles. The third-order valence-corrected chi connectivity index (χ3v) is 4.51. The summed E-state index contributed by atoms with van der Waals surface area (Å²) in [5.41, 5.74) is 1.43. The van der Waals surface area contributed by atoms with Crippen LogP contribution < -0.4 is 0 Å². The van der Waals surface area contributed by atoms with Crippen molar-refractivity contribution < 1.29 is 24.6 Å². The van der Waals surface area contributed by atoms with Crippen LogP contribution in [0.2, 0.25) is 0 Å². The van der Waals surface area contributed by atoms with Crippen LogP contribution >= 0.6 is 7.60 Å². The van der Waals surface area contributed by atoms with E-state index in [1.54, 1.807) is 0 Å². The molecule has 1 aromatic rings. The molecule has 0 amide bonds. The molecule has 7 heteroatoms. The molecule has 2 bridgehead atoms. The molecular weight excluding hydrogens is 257 g/mol. The first-order valence-corrected chi connectivity index (χ1v) is 7.55. The van der Waals surface area contributed by atoms with Gasteiger partial charge in [-0.3, -0.25) is 9.13 Å². The van der Waals surface area contributed by atoms with E-state index in [1.165, 1.54) is 4.57 Å². The monoisotopic (exact) mass is 271 g/mol. The molecule has 0 fully saturated rings. The molecule has 0 unspecified atom stereocenters. The minimum absolute atomic E-state index is 0.0622. The normalized spacial score (nSPS) is 24.8. The van der Waals surface area contributed by atoms with Crippen LogP contribution in [0.5, 0.6) is 11.8 Å². The fraction of sp³-hybridized carbons (Fsp3) is 0.455. The van der Waals surface area contributed by atoms with Gasteiger partial charge in [0.05, 0.1) is 6.16 Å². The molecule has 0 radical (unpaired) electrons. The van der Waals surface area contributed by atoms with Crippen molar-refractivity contribution in [1.82, 2.24) is 4.57 Å². The molecule has 98 valence electrons. The van der Waals surface area contributed by atoms with Crippen molar-refractivity contribution in [2.45, 2.75) is 24.8 Å². The number of nitrogens with zero attached hydrogens (tertiary/aromatic N) is 1. The molecule has 2 aliphatic rings. The van der Waals surface area contributed by atoms with E-state index in [9.17, 15) is 14.8 Å². The lowest BCUT2D eigenvalue weighted by Gasteiger charge is -2.10. The molecule has 2 aliphatic carbocycles. The Morgan fingerprint density at radius 2 is 1.67 bits per heavy atom. The van der Waals surface area contributed by atoms with Crippen LogP contribution in [0.25, 0.3) is 0 Å². The highest BCUT2D eigenvalue weighted by molar-refractivity contribution is 7.51. The molecule has 0 aromatic carbocycles. The van der Waals surface area contributed by atoms with Gasteiger partial charge in [-0.2, -0.15) is 0 Å². The van der Waals surface area contributed by atoms with Gasteiger partial charge in [0.25, 0.3) is 0 Å². The summed E-state index contributed by atoms with van der Waals surface area (Å²) in [6.45, 7) is -0.0889. The highest BCUT2D eigenvalue weighted by atomic mass is 31.2. The third kappa shape index (κ3) is 1.61. The molecular formula is C11H14NO5P. The van der Waals surface area contributed by atoms with Crippen LogP contribution in [0.1, 0.15) is 29.4 Å². The quantitative estimate of drug-likeness (QED) is 0.489. The summed E-state index contributed by atoms with van der Waals surface area (Å²) in [5.74, 6) is 0.111. The summed E-state index contributed by atoms with van der Waals surface area (Å²) in [6, 6.07) is 0. The molecule has 3 rings (SSSR count). The Bertz CT molecular complexity index is 549. The van der Waals surface area contributed by atoms with Gasteiger partial charge in [-0.05, 0) is 6.42 Å². The first-order chi connectivity index (χ1) is 8.38. The largest absolute Gasteiger partial charge is 0.494 e. The van der Waals surface area contributed by atoms with Crippen LogP contribution in [-0.4, -0.2) is 30.7 Å². The Hall–Kier alpha value is -1.23. The van der Waals surface area contributed by atoms with E-state index in [-0.39, 0.29) is 30.1 Å². The number of hydrogen-bond donors (Lipinski definition) is 4. The second-order valence-electron chi connectivity index (χ2n) is 4.85. The van der Waals surface area contributed by atoms with Gasteiger partial charge in [0.1, 0.15) is 0 Å². The van der Waals surface area contributed by atoms with E-state index in [4.69, 9.17) is 9.79 Å². The third-order valence-electron chi connectivity index (χ3n) is 3.72. The predicted octanol–water partition coefficient (Wildman–Crippen LogP) is 1.22. The van der Waals surface area contributed by atoms with Crippen LogP contribution in [0, 0.1) is 0 Å². The maximum absolute atomic E-state index is 10.8. The van der Waals surface area contributed by atoms with Crippen LogP contribution in [0.4, 0.5) is 0 Å². The van der Waals surface area contributed by atoms with Crippen molar-refractivity contribution >= 4 is 7.60 Å². The summed E-state index contributed by atoms with van der Waals surface area (Å²) in [7, 11) is -4.14. The number of aromatic nitrogens is 1. The molecule has 0 saturated heterocycles. The maximum atomic E-state index is 10.8. The number of hydrogen-bond acceptors (Lipinski definition) is 3. The first kappa shape index (κ1) is 11.8. The van der Waals surface area contributed by atoms with Crippen LogP contribution in [0.3, 0.4) is 0 Å². The minimum Gasteiger partial charge on any atom is -0.494 e. The van der Waals surface area contributed by atoms with Gasteiger partial charge in [-0.15, -0.1) is 0 Å². The van der Waals surface area contributed by atoms with Gasteiger partial charge in [-0.25, -0.2) is 0 Å². The lowest BCUT2D eigenvalue weighted by molar-refractivity contribution is 0.350. The summed E-state index contributed by atoms with van der Waals surface area (Å²) >= 11 is 0. The second-order valence-corrected chi connectivity index (χ2v) is 6.62. The van der Waals surface area contributed by atoms with Gasteiger partial charge >= 0.3 is 7.60 Å². The molecule has 0 spiro atoms. The fourth-order valence-electron chi connectivity index (χ4n) is 2.93. The van der Waals surface area contributed by atoms with Gasteiger partial charge in [0, 0.05) is 29.5 Å².